The van der Waals surface area contributed by atoms with Crippen molar-refractivity contribution in [3.8, 4) is 5.75 Å². The van der Waals surface area contributed by atoms with E-state index in [1.165, 1.54) is 0 Å². The minimum absolute atomic E-state index is 0.124. The number of hydrogen-bond donors (Lipinski definition) is 1. The maximum Gasteiger partial charge on any atom is 0.260 e. The lowest BCUT2D eigenvalue weighted by Gasteiger charge is -2.07. The van der Waals surface area contributed by atoms with Crippen molar-refractivity contribution in [3.05, 3.63) is 53.9 Å². The first-order chi connectivity index (χ1) is 9.28. The zero-order valence-corrected chi connectivity index (χ0v) is 10.5. The van der Waals surface area contributed by atoms with E-state index in [-0.39, 0.29) is 12.5 Å². The number of nitrogens with zero attached hydrogens (tertiary/aromatic N) is 2. The van der Waals surface area contributed by atoms with Gasteiger partial charge in [-0.1, -0.05) is 0 Å². The molecule has 1 aromatic carbocycles. The molecule has 0 saturated heterocycles. The van der Waals surface area contributed by atoms with Gasteiger partial charge in [-0.05, 0) is 36.4 Å². The Labute approximate surface area is 110 Å². The van der Waals surface area contributed by atoms with E-state index in [9.17, 15) is 4.79 Å². The first-order valence-electron chi connectivity index (χ1n) is 5.94. The van der Waals surface area contributed by atoms with Crippen LogP contribution >= 0.6 is 0 Å². The number of fused-ring (bicyclic) bond motifs is 1. The van der Waals surface area contributed by atoms with Gasteiger partial charge >= 0.3 is 0 Å². The van der Waals surface area contributed by atoms with Gasteiger partial charge in [0.25, 0.3) is 5.91 Å². The molecule has 1 aliphatic rings. The van der Waals surface area contributed by atoms with Crippen molar-refractivity contribution in [1.82, 2.24) is 9.99 Å². The van der Waals surface area contributed by atoms with Crippen LogP contribution in [0.15, 0.2) is 47.7 Å². The Morgan fingerprint density at radius 1 is 1.26 bits per heavy atom. The Balaban J connectivity index is 2.06. The van der Waals surface area contributed by atoms with E-state index in [4.69, 9.17) is 4.74 Å². The lowest BCUT2D eigenvalue weighted by Crippen LogP contribution is -2.20. The molecule has 19 heavy (non-hydrogen) atoms. The molecule has 2 heterocycles. The highest BCUT2D eigenvalue weighted by Gasteiger charge is 2.17. The van der Waals surface area contributed by atoms with Gasteiger partial charge in [0.15, 0.2) is 0 Å². The van der Waals surface area contributed by atoms with Crippen molar-refractivity contribution in [3.63, 3.8) is 0 Å². The molecule has 3 rings (SSSR count). The summed E-state index contributed by atoms with van der Waals surface area (Å²) >= 11 is 0. The average molecular weight is 255 g/mol. The number of hydrazone groups is 1. The molecule has 0 aliphatic carbocycles. The van der Waals surface area contributed by atoms with Gasteiger partial charge in [0.05, 0.1) is 12.8 Å². The molecule has 0 spiro atoms. The maximum absolute atomic E-state index is 11.6. The first-order valence-corrected chi connectivity index (χ1v) is 5.94. The van der Waals surface area contributed by atoms with E-state index in [1.807, 2.05) is 47.2 Å². The lowest BCUT2D eigenvalue weighted by molar-refractivity contribution is -0.121. The third kappa shape index (κ3) is 2.10. The predicted octanol–water partition coefficient (Wildman–Crippen LogP) is 1.38. The zero-order chi connectivity index (χ0) is 13.2. The van der Waals surface area contributed by atoms with Gasteiger partial charge in [0, 0.05) is 11.8 Å². The summed E-state index contributed by atoms with van der Waals surface area (Å²) in [4.78, 5) is 11.6. The topological polar surface area (TPSA) is 55.6 Å². The largest absolute Gasteiger partial charge is 0.497 e. The summed E-state index contributed by atoms with van der Waals surface area (Å²) in [5, 5.41) is 4.20. The number of nitrogens with one attached hydrogen (secondary N) is 1. The van der Waals surface area contributed by atoms with E-state index in [2.05, 4.69) is 10.5 Å². The van der Waals surface area contributed by atoms with Crippen LogP contribution in [-0.2, 0) is 11.3 Å². The molecule has 1 amide bonds. The Bertz CT molecular complexity index is 641. The quantitative estimate of drug-likeness (QED) is 0.881. The minimum atomic E-state index is -0.124. The van der Waals surface area contributed by atoms with Gasteiger partial charge < -0.3 is 9.30 Å². The second-order valence-electron chi connectivity index (χ2n) is 4.25. The number of hydrogen-bond acceptors (Lipinski definition) is 3. The molecule has 1 N–H and O–H groups in total. The van der Waals surface area contributed by atoms with Crippen LogP contribution in [0.5, 0.6) is 5.75 Å². The van der Waals surface area contributed by atoms with Crippen LogP contribution in [0.3, 0.4) is 0 Å². The number of aromatic nitrogens is 1. The van der Waals surface area contributed by atoms with E-state index >= 15 is 0 Å². The van der Waals surface area contributed by atoms with Gasteiger partial charge in [-0.2, -0.15) is 5.10 Å². The Morgan fingerprint density at radius 3 is 2.79 bits per heavy atom. The van der Waals surface area contributed by atoms with Crippen molar-refractivity contribution in [2.24, 2.45) is 5.10 Å². The zero-order valence-electron chi connectivity index (χ0n) is 10.5. The number of amides is 1. The fraction of sp³-hybridized carbons (Fsp3) is 0.143. The van der Waals surface area contributed by atoms with E-state index in [0.29, 0.717) is 0 Å². The molecule has 1 aliphatic heterocycles. The van der Waals surface area contributed by atoms with Crippen LogP contribution in [0.1, 0.15) is 11.3 Å². The Morgan fingerprint density at radius 2 is 2.05 bits per heavy atom. The second kappa shape index (κ2) is 4.61. The predicted molar refractivity (Wildman–Crippen MR) is 71.2 cm³/mol. The van der Waals surface area contributed by atoms with Crippen LogP contribution in [-0.4, -0.2) is 23.3 Å². The smallest absolute Gasteiger partial charge is 0.260 e. The second-order valence-corrected chi connectivity index (χ2v) is 4.25. The summed E-state index contributed by atoms with van der Waals surface area (Å²) < 4.78 is 7.02. The molecule has 2 aromatic rings. The van der Waals surface area contributed by atoms with Gasteiger partial charge in [-0.25, -0.2) is 5.43 Å². The van der Waals surface area contributed by atoms with E-state index < -0.39 is 0 Å². The van der Waals surface area contributed by atoms with E-state index in [0.717, 1.165) is 22.7 Å². The summed E-state index contributed by atoms with van der Waals surface area (Å²) in [6, 6.07) is 11.4. The molecule has 5 nitrogen and oxygen atoms in total. The number of carbonyl (C=O) groups excluding carboxylic acids is 1. The van der Waals surface area contributed by atoms with Crippen LogP contribution in [0.2, 0.25) is 0 Å². The fourth-order valence-corrected chi connectivity index (χ4v) is 2.09. The third-order valence-corrected chi connectivity index (χ3v) is 3.04. The van der Waals surface area contributed by atoms with Crippen LogP contribution in [0, 0.1) is 0 Å². The van der Waals surface area contributed by atoms with Crippen molar-refractivity contribution < 1.29 is 9.53 Å². The molecule has 0 saturated carbocycles. The van der Waals surface area contributed by atoms with Crippen molar-refractivity contribution >= 4 is 11.6 Å². The van der Waals surface area contributed by atoms with Crippen molar-refractivity contribution in [2.45, 2.75) is 6.54 Å². The highest BCUT2D eigenvalue weighted by atomic mass is 16.5. The van der Waals surface area contributed by atoms with Crippen LogP contribution in [0.25, 0.3) is 0 Å². The standard InChI is InChI=1S/C14H13N3O2/c1-19-11-6-4-10(5-7-11)14-12-3-2-8-17(12)9-13(18)15-16-14/h2-8H,9H2,1H3,(H,15,18). The highest BCUT2D eigenvalue weighted by Crippen LogP contribution is 2.17. The first kappa shape index (κ1) is 11.5. The van der Waals surface area contributed by atoms with Crippen LogP contribution < -0.4 is 10.2 Å². The Kier molecular flexibility index (Phi) is 2.79. The monoisotopic (exact) mass is 255 g/mol. The molecule has 96 valence electrons. The lowest BCUT2D eigenvalue weighted by atomic mass is 10.1. The highest BCUT2D eigenvalue weighted by molar-refractivity contribution is 6.12. The van der Waals surface area contributed by atoms with Gasteiger partial charge in [-0.15, -0.1) is 0 Å². The molecular formula is C14H13N3O2. The minimum Gasteiger partial charge on any atom is -0.497 e. The van der Waals surface area contributed by atoms with Gasteiger partial charge in [-0.3, -0.25) is 4.79 Å². The van der Waals surface area contributed by atoms with E-state index in [1.54, 1.807) is 7.11 Å². The van der Waals surface area contributed by atoms with Crippen molar-refractivity contribution in [2.75, 3.05) is 7.11 Å². The molecule has 1 aromatic heterocycles. The van der Waals surface area contributed by atoms with Crippen LogP contribution in [0.4, 0.5) is 0 Å². The third-order valence-electron chi connectivity index (χ3n) is 3.04. The summed E-state index contributed by atoms with van der Waals surface area (Å²) in [7, 11) is 1.63. The van der Waals surface area contributed by atoms with Gasteiger partial charge in [0.2, 0.25) is 0 Å². The molecule has 0 unspecified atom stereocenters. The number of rotatable bonds is 2. The average Bonchev–Trinajstić information content (AvgIpc) is 2.82. The Hall–Kier alpha value is -2.56. The molecular weight excluding hydrogens is 242 g/mol. The summed E-state index contributed by atoms with van der Waals surface area (Å²) in [5.74, 6) is 0.665. The molecule has 0 bridgehead atoms. The SMILES string of the molecule is COc1ccc(C2=NNC(=O)Cn3cccc32)cc1. The molecule has 0 radical (unpaired) electrons. The van der Waals surface area contributed by atoms with Gasteiger partial charge in [0.1, 0.15) is 18.0 Å². The number of methoxy groups -OCH3 is 1. The number of ether oxygens (including phenoxy) is 1. The number of benzene rings is 1. The summed E-state index contributed by atoms with van der Waals surface area (Å²) in [6.45, 7) is 0.283. The fourth-order valence-electron chi connectivity index (χ4n) is 2.09. The summed E-state index contributed by atoms with van der Waals surface area (Å²) in [6.07, 6.45) is 1.87. The normalized spacial score (nSPS) is 14.2. The van der Waals surface area contributed by atoms with Crippen molar-refractivity contribution in [1.29, 1.82) is 0 Å². The molecule has 0 fully saturated rings. The molecule has 5 heteroatoms. The summed E-state index contributed by atoms with van der Waals surface area (Å²) in [5.41, 5.74) is 5.15. The maximum atomic E-state index is 11.6. The molecule has 0 atom stereocenters. The number of carbonyl (C=O) groups is 1.